The van der Waals surface area contributed by atoms with Crippen LogP contribution in [0, 0.1) is 11.6 Å². The number of halogens is 2. The highest BCUT2D eigenvalue weighted by molar-refractivity contribution is 7.95. The van der Waals surface area contributed by atoms with E-state index < -0.39 is 36.7 Å². The van der Waals surface area contributed by atoms with E-state index in [0.29, 0.717) is 13.1 Å². The Morgan fingerprint density at radius 1 is 1.12 bits per heavy atom. The summed E-state index contributed by atoms with van der Waals surface area (Å²) in [6.07, 6.45) is 0.138. The molecule has 0 amide bonds. The molecular formula is C15H20F2N2O4S2. The van der Waals surface area contributed by atoms with Crippen LogP contribution in [0.1, 0.15) is 12.0 Å². The Hall–Kier alpha value is -1.10. The number of sulfone groups is 1. The summed E-state index contributed by atoms with van der Waals surface area (Å²) in [4.78, 5) is 1.86. The summed E-state index contributed by atoms with van der Waals surface area (Å²) < 4.78 is 76.5. The van der Waals surface area contributed by atoms with Gasteiger partial charge in [-0.1, -0.05) is 12.1 Å². The van der Waals surface area contributed by atoms with E-state index in [2.05, 4.69) is 0 Å². The first kappa shape index (κ1) is 18.7. The van der Waals surface area contributed by atoms with Gasteiger partial charge >= 0.3 is 0 Å². The van der Waals surface area contributed by atoms with Crippen molar-refractivity contribution in [3.05, 3.63) is 35.4 Å². The number of hydrogen-bond acceptors (Lipinski definition) is 5. The minimum atomic E-state index is -3.65. The standard InChI is InChI=1S/C15H20F2N2O4S2/c16-14-3-1-2-12(15(14)17)10-18-5-7-19(8-6-18)25(22,23)13-4-9-24(20,21)11-13/h1-3,13H,4-11H2. The Bertz CT molecular complexity index is 850. The van der Waals surface area contributed by atoms with E-state index in [4.69, 9.17) is 0 Å². The van der Waals surface area contributed by atoms with Crippen LogP contribution in [-0.4, -0.2) is 69.0 Å². The van der Waals surface area contributed by atoms with Gasteiger partial charge in [-0.25, -0.2) is 25.6 Å². The molecule has 6 nitrogen and oxygen atoms in total. The second kappa shape index (κ2) is 6.90. The Morgan fingerprint density at radius 3 is 2.40 bits per heavy atom. The molecule has 2 heterocycles. The molecule has 1 unspecified atom stereocenters. The lowest BCUT2D eigenvalue weighted by atomic mass is 10.2. The topological polar surface area (TPSA) is 74.8 Å². The van der Waals surface area contributed by atoms with Crippen molar-refractivity contribution in [1.29, 1.82) is 0 Å². The fourth-order valence-electron chi connectivity index (χ4n) is 3.26. The van der Waals surface area contributed by atoms with Gasteiger partial charge in [0.25, 0.3) is 0 Å². The van der Waals surface area contributed by atoms with Crippen LogP contribution >= 0.6 is 0 Å². The lowest BCUT2D eigenvalue weighted by Crippen LogP contribution is -2.51. The fourth-order valence-corrected chi connectivity index (χ4v) is 7.77. The lowest BCUT2D eigenvalue weighted by Gasteiger charge is -2.35. The SMILES string of the molecule is O=S1(=O)CCC(S(=O)(=O)N2CCN(Cc3cccc(F)c3F)CC2)C1. The third kappa shape index (κ3) is 4.02. The molecule has 0 bridgehead atoms. The maximum atomic E-state index is 13.7. The predicted octanol–water partition coefficient (Wildman–Crippen LogP) is 0.599. The van der Waals surface area contributed by atoms with Crippen LogP contribution in [0.25, 0.3) is 0 Å². The normalized spacial score (nSPS) is 25.3. The van der Waals surface area contributed by atoms with Gasteiger partial charge in [0, 0.05) is 38.3 Å². The fraction of sp³-hybridized carbons (Fsp3) is 0.600. The van der Waals surface area contributed by atoms with Gasteiger partial charge in [0.05, 0.1) is 16.8 Å². The maximum Gasteiger partial charge on any atom is 0.218 e. The first-order valence-electron chi connectivity index (χ1n) is 8.04. The molecule has 3 rings (SSSR count). The van der Waals surface area contributed by atoms with Gasteiger partial charge in [-0.15, -0.1) is 0 Å². The Morgan fingerprint density at radius 2 is 1.80 bits per heavy atom. The van der Waals surface area contributed by atoms with Crippen LogP contribution in [0.2, 0.25) is 0 Å². The molecule has 10 heteroatoms. The largest absolute Gasteiger partial charge is 0.296 e. The average molecular weight is 394 g/mol. The molecule has 0 saturated carbocycles. The van der Waals surface area contributed by atoms with Crippen LogP contribution in [0.3, 0.4) is 0 Å². The highest BCUT2D eigenvalue weighted by Crippen LogP contribution is 2.23. The van der Waals surface area contributed by atoms with Crippen LogP contribution in [0.5, 0.6) is 0 Å². The van der Waals surface area contributed by atoms with Crippen molar-refractivity contribution in [3.8, 4) is 0 Å². The molecule has 0 N–H and O–H groups in total. The van der Waals surface area contributed by atoms with Crippen molar-refractivity contribution in [3.63, 3.8) is 0 Å². The molecule has 0 radical (unpaired) electrons. The minimum Gasteiger partial charge on any atom is -0.296 e. The third-order valence-electron chi connectivity index (χ3n) is 4.73. The Kier molecular flexibility index (Phi) is 5.16. The molecule has 1 aromatic carbocycles. The number of piperazine rings is 1. The summed E-state index contributed by atoms with van der Waals surface area (Å²) in [6.45, 7) is 1.41. The second-order valence-corrected chi connectivity index (χ2v) is 10.9. The average Bonchev–Trinajstić information content (AvgIpc) is 2.93. The van der Waals surface area contributed by atoms with E-state index in [1.165, 1.54) is 16.4 Å². The summed E-state index contributed by atoms with van der Waals surface area (Å²) in [5, 5.41) is -0.871. The van der Waals surface area contributed by atoms with Crippen molar-refractivity contribution < 1.29 is 25.6 Å². The molecule has 0 aromatic heterocycles. The van der Waals surface area contributed by atoms with Gasteiger partial charge in [0.15, 0.2) is 21.5 Å². The van der Waals surface area contributed by atoms with Gasteiger partial charge in [-0.2, -0.15) is 4.31 Å². The van der Waals surface area contributed by atoms with Crippen molar-refractivity contribution in [1.82, 2.24) is 9.21 Å². The zero-order valence-corrected chi connectivity index (χ0v) is 15.2. The highest BCUT2D eigenvalue weighted by atomic mass is 32.2. The summed E-state index contributed by atoms with van der Waals surface area (Å²) in [5.74, 6) is -2.19. The van der Waals surface area contributed by atoms with Crippen molar-refractivity contribution in [2.24, 2.45) is 0 Å². The molecule has 2 aliphatic heterocycles. The van der Waals surface area contributed by atoms with Gasteiger partial charge in [-0.3, -0.25) is 4.90 Å². The van der Waals surface area contributed by atoms with E-state index in [9.17, 15) is 25.6 Å². The van der Waals surface area contributed by atoms with Crippen LogP contribution in [0.15, 0.2) is 18.2 Å². The summed E-state index contributed by atoms with van der Waals surface area (Å²) >= 11 is 0. The number of benzene rings is 1. The van der Waals surface area contributed by atoms with Gasteiger partial charge in [-0.05, 0) is 12.5 Å². The first-order valence-corrected chi connectivity index (χ1v) is 11.4. The molecule has 2 aliphatic rings. The summed E-state index contributed by atoms with van der Waals surface area (Å²) in [5.41, 5.74) is 0.234. The predicted molar refractivity (Wildman–Crippen MR) is 89.2 cm³/mol. The summed E-state index contributed by atoms with van der Waals surface area (Å²) in [7, 11) is -6.92. The van der Waals surface area contributed by atoms with Gasteiger partial charge < -0.3 is 0 Å². The number of hydrogen-bond donors (Lipinski definition) is 0. The quantitative estimate of drug-likeness (QED) is 0.748. The summed E-state index contributed by atoms with van der Waals surface area (Å²) in [6, 6.07) is 4.00. The Labute approximate surface area is 146 Å². The molecule has 0 spiro atoms. The third-order valence-corrected chi connectivity index (χ3v) is 9.04. The molecule has 140 valence electrons. The number of nitrogens with zero attached hydrogens (tertiary/aromatic N) is 2. The zero-order chi connectivity index (χ0) is 18.2. The molecule has 2 saturated heterocycles. The molecular weight excluding hydrogens is 374 g/mol. The minimum absolute atomic E-state index is 0.0876. The van der Waals surface area contributed by atoms with E-state index in [0.717, 1.165) is 6.07 Å². The zero-order valence-electron chi connectivity index (χ0n) is 13.6. The van der Waals surface area contributed by atoms with E-state index in [-0.39, 0.29) is 43.1 Å². The van der Waals surface area contributed by atoms with Crippen molar-refractivity contribution >= 4 is 19.9 Å². The second-order valence-electron chi connectivity index (χ2n) is 6.46. The molecule has 0 aliphatic carbocycles. The number of sulfonamides is 1. The Balaban J connectivity index is 1.61. The maximum absolute atomic E-state index is 13.7. The molecule has 1 atom stereocenters. The molecule has 1 aromatic rings. The van der Waals surface area contributed by atoms with E-state index >= 15 is 0 Å². The van der Waals surface area contributed by atoms with Crippen molar-refractivity contribution in [2.75, 3.05) is 37.7 Å². The highest BCUT2D eigenvalue weighted by Gasteiger charge is 2.41. The molecule has 2 fully saturated rings. The monoisotopic (exact) mass is 394 g/mol. The lowest BCUT2D eigenvalue weighted by molar-refractivity contribution is 0.178. The van der Waals surface area contributed by atoms with Crippen LogP contribution < -0.4 is 0 Å². The molecule has 25 heavy (non-hydrogen) atoms. The van der Waals surface area contributed by atoms with Gasteiger partial charge in [0.1, 0.15) is 0 Å². The van der Waals surface area contributed by atoms with Crippen LogP contribution in [-0.2, 0) is 26.4 Å². The van der Waals surface area contributed by atoms with E-state index in [1.54, 1.807) is 0 Å². The van der Waals surface area contributed by atoms with Gasteiger partial charge in [0.2, 0.25) is 10.0 Å². The first-order chi connectivity index (χ1) is 11.7. The smallest absolute Gasteiger partial charge is 0.218 e. The van der Waals surface area contributed by atoms with Crippen LogP contribution in [0.4, 0.5) is 8.78 Å². The van der Waals surface area contributed by atoms with Crippen molar-refractivity contribution in [2.45, 2.75) is 18.2 Å². The van der Waals surface area contributed by atoms with E-state index in [1.807, 2.05) is 4.90 Å². The number of rotatable bonds is 4.